The van der Waals surface area contributed by atoms with Crippen LogP contribution in [0.3, 0.4) is 0 Å². The molecule has 0 bridgehead atoms. The number of carboxylic acid groups (broad SMARTS) is 1. The number of carbonyl (C=O) groups is 1. The van der Waals surface area contributed by atoms with Crippen molar-refractivity contribution in [2.75, 3.05) is 28.8 Å². The van der Waals surface area contributed by atoms with Crippen molar-refractivity contribution < 1.29 is 35.7 Å². The Labute approximate surface area is 249 Å². The first-order chi connectivity index (χ1) is 20.7. The molecule has 2 heterocycles. The fourth-order valence-electron chi connectivity index (χ4n) is 3.79. The Morgan fingerprint density at radius 1 is 0.955 bits per heavy atom. The van der Waals surface area contributed by atoms with Crippen LogP contribution in [0.4, 0.5) is 47.9 Å². The largest absolute Gasteiger partial charge is 0.490 e. The van der Waals surface area contributed by atoms with E-state index in [4.69, 9.17) is 19.1 Å². The summed E-state index contributed by atoms with van der Waals surface area (Å²) in [5, 5.41) is 13.6. The van der Waals surface area contributed by atoms with Crippen molar-refractivity contribution in [3.63, 3.8) is 0 Å². The molecule has 44 heavy (non-hydrogen) atoms. The maximum Gasteiger partial charge on any atom is 0.490 e. The Hall–Kier alpha value is -5.38. The van der Waals surface area contributed by atoms with Gasteiger partial charge in [-0.05, 0) is 60.7 Å². The van der Waals surface area contributed by atoms with Crippen LogP contribution in [-0.2, 0) is 22.0 Å². The minimum Gasteiger partial charge on any atom is -0.475 e. The number of imidazole rings is 1. The first kappa shape index (κ1) is 31.6. The van der Waals surface area contributed by atoms with E-state index < -0.39 is 22.3 Å². The molecular weight excluding hydrogens is 603 g/mol. The molecule has 0 atom stereocenters. The van der Waals surface area contributed by atoms with Gasteiger partial charge >= 0.3 is 22.3 Å². The van der Waals surface area contributed by atoms with E-state index in [1.807, 2.05) is 78.2 Å². The Bertz CT molecular complexity index is 1870. The van der Waals surface area contributed by atoms with Crippen LogP contribution in [0, 0.1) is 0 Å². The molecule has 0 saturated carbocycles. The number of nitrogens with zero attached hydrogens (tertiary/aromatic N) is 5. The molecule has 0 radical (unpaired) electrons. The number of hydrogen-bond acceptors (Lipinski definition) is 10. The Morgan fingerprint density at radius 2 is 1.59 bits per heavy atom. The van der Waals surface area contributed by atoms with Crippen molar-refractivity contribution in [1.29, 1.82) is 0 Å². The van der Waals surface area contributed by atoms with Crippen LogP contribution in [0.1, 0.15) is 0 Å². The topological polar surface area (TPSA) is 152 Å². The predicted molar refractivity (Wildman–Crippen MR) is 159 cm³/mol. The molecule has 0 saturated heterocycles. The molecule has 3 aromatic carbocycles. The highest BCUT2D eigenvalue weighted by atomic mass is 32.2. The summed E-state index contributed by atoms with van der Waals surface area (Å²) in [6, 6.07) is 24.3. The van der Waals surface area contributed by atoms with Crippen molar-refractivity contribution in [1.82, 2.24) is 19.5 Å². The maximum absolute atomic E-state index is 11.3. The number of carboxylic acids is 1. The lowest BCUT2D eigenvalue weighted by Crippen LogP contribution is -2.21. The van der Waals surface area contributed by atoms with Gasteiger partial charge in [-0.25, -0.2) is 14.8 Å². The Balaban J connectivity index is 0.000000566. The molecule has 0 spiro atoms. The van der Waals surface area contributed by atoms with Gasteiger partial charge in [-0.1, -0.05) is 18.2 Å². The van der Waals surface area contributed by atoms with Gasteiger partial charge in [-0.15, -0.1) is 0 Å². The molecule has 0 fully saturated rings. The van der Waals surface area contributed by atoms with Crippen LogP contribution in [0.5, 0.6) is 5.75 Å². The van der Waals surface area contributed by atoms with Crippen LogP contribution in [-0.4, -0.2) is 58.5 Å². The van der Waals surface area contributed by atoms with E-state index in [1.54, 1.807) is 30.5 Å². The van der Waals surface area contributed by atoms with Gasteiger partial charge in [0.2, 0.25) is 11.9 Å². The van der Waals surface area contributed by atoms with Gasteiger partial charge in [-0.2, -0.15) is 26.6 Å². The third-order valence-electron chi connectivity index (χ3n) is 5.87. The summed E-state index contributed by atoms with van der Waals surface area (Å²) in [5.74, 6) is -0.689. The van der Waals surface area contributed by atoms with Crippen molar-refractivity contribution in [3.8, 4) is 5.75 Å². The number of aryl methyl sites for hydroxylation is 1. The summed E-state index contributed by atoms with van der Waals surface area (Å²) in [6.07, 6.45) is -2.41. The number of hydrogen-bond donors (Lipinski definition) is 3. The SMILES string of the molecule is CN(c1ccc2c(c1)nc(Nc1ccccc1)n2C)c1ccnc(Nc2ccc(OS(C)(=O)=O)cc2)n1.O=C(O)C(F)(F)F. The molecule has 0 aliphatic heterocycles. The van der Waals surface area contributed by atoms with E-state index in [2.05, 4.69) is 20.6 Å². The normalized spacial score (nSPS) is 11.3. The van der Waals surface area contributed by atoms with Crippen LogP contribution >= 0.6 is 0 Å². The van der Waals surface area contributed by atoms with Gasteiger partial charge < -0.3 is 29.4 Å². The lowest BCUT2D eigenvalue weighted by molar-refractivity contribution is -0.192. The zero-order chi connectivity index (χ0) is 32.1. The first-order valence-electron chi connectivity index (χ1n) is 12.6. The molecule has 12 nitrogen and oxygen atoms in total. The highest BCUT2D eigenvalue weighted by Crippen LogP contribution is 2.29. The number of nitrogens with one attached hydrogen (secondary N) is 2. The molecule has 5 rings (SSSR count). The van der Waals surface area contributed by atoms with Gasteiger partial charge in [0.15, 0.2) is 0 Å². The Kier molecular flexibility index (Phi) is 9.23. The van der Waals surface area contributed by atoms with Gasteiger partial charge in [0, 0.05) is 37.4 Å². The number of anilines is 6. The fourth-order valence-corrected chi connectivity index (χ4v) is 4.25. The van der Waals surface area contributed by atoms with Crippen molar-refractivity contribution in [2.45, 2.75) is 6.18 Å². The standard InChI is InChI=1S/C26H25N7O3S.C2HF3O2/c1-32(20-11-14-23-22(17-20)30-26(33(23)2)29-18-7-5-4-6-8-18)24-15-16-27-25(31-24)28-19-9-12-21(13-10-19)36-37(3,34)35;3-2(4,5)1(6)7/h4-17H,1-3H3,(H,29,30)(H,27,28,31);(H,6,7). The first-order valence-corrected chi connectivity index (χ1v) is 14.4. The molecule has 0 unspecified atom stereocenters. The van der Waals surface area contributed by atoms with E-state index in [0.717, 1.165) is 34.6 Å². The highest BCUT2D eigenvalue weighted by molar-refractivity contribution is 7.86. The maximum atomic E-state index is 11.3. The van der Waals surface area contributed by atoms with E-state index >= 15 is 0 Å². The molecule has 2 aromatic heterocycles. The zero-order valence-corrected chi connectivity index (χ0v) is 24.3. The van der Waals surface area contributed by atoms with Gasteiger partial charge in [0.25, 0.3) is 0 Å². The highest BCUT2D eigenvalue weighted by Gasteiger charge is 2.38. The second-order valence-electron chi connectivity index (χ2n) is 9.20. The summed E-state index contributed by atoms with van der Waals surface area (Å²) < 4.78 is 61.2. The van der Waals surface area contributed by atoms with E-state index in [9.17, 15) is 21.6 Å². The summed E-state index contributed by atoms with van der Waals surface area (Å²) in [6.45, 7) is 0. The van der Waals surface area contributed by atoms with E-state index in [1.165, 1.54) is 0 Å². The molecule has 0 aliphatic carbocycles. The number of aromatic nitrogens is 4. The average molecular weight is 630 g/mol. The van der Waals surface area contributed by atoms with Crippen LogP contribution in [0.15, 0.2) is 85.1 Å². The van der Waals surface area contributed by atoms with E-state index in [-0.39, 0.29) is 5.75 Å². The summed E-state index contributed by atoms with van der Waals surface area (Å²) in [4.78, 5) is 24.5. The number of para-hydroxylation sites is 1. The Morgan fingerprint density at radius 3 is 2.20 bits per heavy atom. The smallest absolute Gasteiger partial charge is 0.475 e. The number of aliphatic carboxylic acids is 1. The van der Waals surface area contributed by atoms with Crippen LogP contribution in [0.25, 0.3) is 11.0 Å². The molecule has 5 aromatic rings. The van der Waals surface area contributed by atoms with Crippen LogP contribution < -0.4 is 19.7 Å². The van der Waals surface area contributed by atoms with Gasteiger partial charge in [-0.3, -0.25) is 0 Å². The van der Waals surface area contributed by atoms with Crippen molar-refractivity contribution in [2.24, 2.45) is 7.05 Å². The second-order valence-corrected chi connectivity index (χ2v) is 10.8. The number of benzene rings is 3. The molecule has 16 heteroatoms. The summed E-state index contributed by atoms with van der Waals surface area (Å²) >= 11 is 0. The third-order valence-corrected chi connectivity index (χ3v) is 6.36. The van der Waals surface area contributed by atoms with Gasteiger partial charge in [0.1, 0.15) is 11.6 Å². The number of fused-ring (bicyclic) bond motifs is 1. The molecular formula is C28H26F3N7O5S. The second kappa shape index (κ2) is 12.9. The molecule has 0 aliphatic rings. The molecule has 230 valence electrons. The minimum absolute atomic E-state index is 0.231. The molecule has 0 amide bonds. The lowest BCUT2D eigenvalue weighted by atomic mass is 10.2. The van der Waals surface area contributed by atoms with E-state index in [0.29, 0.717) is 17.5 Å². The summed E-state index contributed by atoms with van der Waals surface area (Å²) in [7, 11) is 0.326. The number of alkyl halides is 3. The van der Waals surface area contributed by atoms with Crippen molar-refractivity contribution in [3.05, 3.63) is 85.1 Å². The van der Waals surface area contributed by atoms with Crippen molar-refractivity contribution >= 4 is 61.9 Å². The third kappa shape index (κ3) is 8.34. The molecule has 3 N–H and O–H groups in total. The monoisotopic (exact) mass is 629 g/mol. The minimum atomic E-state index is -5.08. The zero-order valence-electron chi connectivity index (χ0n) is 23.4. The lowest BCUT2D eigenvalue weighted by Gasteiger charge is -2.19. The quantitative estimate of drug-likeness (QED) is 0.184. The summed E-state index contributed by atoms with van der Waals surface area (Å²) in [5.41, 5.74) is 4.44. The average Bonchev–Trinajstić information content (AvgIpc) is 3.27. The van der Waals surface area contributed by atoms with Gasteiger partial charge in [0.05, 0.1) is 17.3 Å². The number of rotatable bonds is 8. The number of halogens is 3. The van der Waals surface area contributed by atoms with Crippen LogP contribution in [0.2, 0.25) is 0 Å². The predicted octanol–water partition coefficient (Wildman–Crippen LogP) is 5.59. The fraction of sp³-hybridized carbons (Fsp3) is 0.143.